The van der Waals surface area contributed by atoms with Gasteiger partial charge in [0.1, 0.15) is 11.1 Å². The van der Waals surface area contributed by atoms with Crippen LogP contribution in [-0.2, 0) is 16.6 Å². The average molecular weight is 291 g/mol. The number of aryl methyl sites for hydroxylation is 1. The lowest BCUT2D eigenvalue weighted by atomic mass is 10.0. The lowest BCUT2D eigenvalue weighted by Gasteiger charge is -2.37. The summed E-state index contributed by atoms with van der Waals surface area (Å²) >= 11 is 1.44. The molecule has 2 aliphatic heterocycles. The average Bonchev–Trinajstić information content (AvgIpc) is 2.97. The molecule has 0 bridgehead atoms. The van der Waals surface area contributed by atoms with Gasteiger partial charge in [-0.1, -0.05) is 18.7 Å². The molecule has 0 spiro atoms. The van der Waals surface area contributed by atoms with E-state index in [1.165, 1.54) is 16.7 Å². The van der Waals surface area contributed by atoms with E-state index in [1.54, 1.807) is 24.0 Å². The van der Waals surface area contributed by atoms with Crippen LogP contribution in [0.25, 0.3) is 6.08 Å². The fraction of sp³-hybridized carbons (Fsp3) is 0.308. The van der Waals surface area contributed by atoms with Gasteiger partial charge in [-0.05, 0) is 12.5 Å². The molecule has 1 atom stereocenters. The topological polar surface area (TPSA) is 75.4 Å². The number of nitrogens with zero attached hydrogens (tertiary/aromatic N) is 3. The molecule has 1 amide bonds. The summed E-state index contributed by atoms with van der Waals surface area (Å²) < 4.78 is 1.66. The molecule has 20 heavy (non-hydrogen) atoms. The second-order valence-electron chi connectivity index (χ2n) is 4.62. The number of aromatic nitrogens is 2. The molecule has 0 aliphatic carbocycles. The third kappa shape index (κ3) is 1.77. The Kier molecular flexibility index (Phi) is 2.93. The molecule has 0 unspecified atom stereocenters. The van der Waals surface area contributed by atoms with Gasteiger partial charge in [0, 0.05) is 23.7 Å². The number of carbonyl (C=O) groups is 2. The van der Waals surface area contributed by atoms with E-state index in [2.05, 4.69) is 5.10 Å². The van der Waals surface area contributed by atoms with Gasteiger partial charge in [0.2, 0.25) is 0 Å². The summed E-state index contributed by atoms with van der Waals surface area (Å²) in [6.07, 6.45) is 5.89. The zero-order valence-electron chi connectivity index (χ0n) is 11.0. The largest absolute Gasteiger partial charge is 0.477 e. The highest BCUT2D eigenvalue weighted by Crippen LogP contribution is 2.50. The molecular formula is C13H13N3O3S. The maximum atomic E-state index is 12.2. The number of carbonyl (C=O) groups excluding carboxylic acids is 1. The molecule has 0 aromatic carbocycles. The van der Waals surface area contributed by atoms with Gasteiger partial charge in [-0.3, -0.25) is 14.4 Å². The molecule has 7 heteroatoms. The number of rotatable bonds is 3. The van der Waals surface area contributed by atoms with E-state index in [9.17, 15) is 14.7 Å². The Bertz CT molecular complexity index is 674. The zero-order valence-corrected chi connectivity index (χ0v) is 11.8. The molecule has 0 radical (unpaired) electrons. The first-order chi connectivity index (χ1) is 9.52. The number of allylic oxidation sites excluding steroid dienone is 1. The lowest BCUT2D eigenvalue weighted by molar-refractivity contribution is -0.141. The highest BCUT2D eigenvalue weighted by molar-refractivity contribution is 8.04. The fourth-order valence-electron chi connectivity index (χ4n) is 2.38. The highest BCUT2D eigenvalue weighted by atomic mass is 32.2. The number of hydrogen-bond donors (Lipinski definition) is 1. The van der Waals surface area contributed by atoms with E-state index in [-0.39, 0.29) is 17.0 Å². The van der Waals surface area contributed by atoms with Gasteiger partial charge in [0.25, 0.3) is 5.91 Å². The molecule has 0 saturated carbocycles. The van der Waals surface area contributed by atoms with Crippen molar-refractivity contribution in [3.05, 3.63) is 34.1 Å². The zero-order chi connectivity index (χ0) is 14.4. The van der Waals surface area contributed by atoms with Gasteiger partial charge in [0.15, 0.2) is 0 Å². The fourth-order valence-corrected chi connectivity index (χ4v) is 3.72. The van der Waals surface area contributed by atoms with Crippen LogP contribution in [0, 0.1) is 0 Å². The van der Waals surface area contributed by atoms with E-state index in [4.69, 9.17) is 0 Å². The predicted molar refractivity (Wildman–Crippen MR) is 74.4 cm³/mol. The van der Waals surface area contributed by atoms with E-state index in [1.807, 2.05) is 13.1 Å². The number of β-lactam (4-membered cyclic amide) rings is 1. The second kappa shape index (κ2) is 4.52. The minimum Gasteiger partial charge on any atom is -0.477 e. The van der Waals surface area contributed by atoms with Gasteiger partial charge in [-0.25, -0.2) is 4.79 Å². The van der Waals surface area contributed by atoms with Gasteiger partial charge >= 0.3 is 5.97 Å². The minimum atomic E-state index is -1.04. The molecule has 2 aliphatic rings. The predicted octanol–water partition coefficient (Wildman–Crippen LogP) is 1.42. The van der Waals surface area contributed by atoms with Crippen molar-refractivity contribution in [2.45, 2.75) is 18.7 Å². The van der Waals surface area contributed by atoms with Gasteiger partial charge in [0.05, 0.1) is 11.8 Å². The van der Waals surface area contributed by atoms with Crippen molar-refractivity contribution in [3.63, 3.8) is 0 Å². The van der Waals surface area contributed by atoms with E-state index in [0.717, 1.165) is 10.5 Å². The van der Waals surface area contributed by atoms with Crippen LogP contribution in [0.1, 0.15) is 18.9 Å². The normalized spacial score (nSPS) is 23.3. The Morgan fingerprint density at radius 2 is 2.35 bits per heavy atom. The van der Waals surface area contributed by atoms with Crippen LogP contribution in [0.4, 0.5) is 0 Å². The first-order valence-corrected chi connectivity index (χ1v) is 7.07. The Labute approximate surface area is 119 Å². The van der Waals surface area contributed by atoms with Crippen molar-refractivity contribution in [2.75, 3.05) is 0 Å². The van der Waals surface area contributed by atoms with Crippen LogP contribution < -0.4 is 0 Å². The molecule has 1 aromatic rings. The first-order valence-electron chi connectivity index (χ1n) is 6.19. The highest BCUT2D eigenvalue weighted by Gasteiger charge is 2.51. The van der Waals surface area contributed by atoms with Gasteiger partial charge in [-0.2, -0.15) is 5.10 Å². The van der Waals surface area contributed by atoms with E-state index < -0.39 is 5.97 Å². The van der Waals surface area contributed by atoms with Gasteiger partial charge in [-0.15, -0.1) is 0 Å². The summed E-state index contributed by atoms with van der Waals surface area (Å²) in [5.74, 6) is -1.27. The molecular weight excluding hydrogens is 278 g/mol. The molecule has 104 valence electrons. The van der Waals surface area contributed by atoms with Gasteiger partial charge < -0.3 is 5.11 Å². The summed E-state index contributed by atoms with van der Waals surface area (Å²) in [5, 5.41) is 13.1. The quantitative estimate of drug-likeness (QED) is 0.673. The van der Waals surface area contributed by atoms with Crippen molar-refractivity contribution in [1.82, 2.24) is 14.7 Å². The lowest BCUT2D eigenvalue weighted by Crippen LogP contribution is -2.51. The summed E-state index contributed by atoms with van der Waals surface area (Å²) in [7, 11) is 1.81. The third-order valence-corrected chi connectivity index (χ3v) is 4.75. The van der Waals surface area contributed by atoms with Crippen molar-refractivity contribution in [3.8, 4) is 0 Å². The third-order valence-electron chi connectivity index (χ3n) is 3.30. The number of thioether (sulfide) groups is 1. The van der Waals surface area contributed by atoms with E-state index >= 15 is 0 Å². The standard InChI is InChI=1S/C13H13N3O3S/c1-3-9-10(13(18)19)16-11(17)8(12(16)20-9)4-7-5-14-15(2)6-7/h4-6,12H,3H2,1-2H3,(H,18,19)/t12-/m0/s1. The van der Waals surface area contributed by atoms with Crippen molar-refractivity contribution in [1.29, 1.82) is 0 Å². The minimum absolute atomic E-state index is 0.135. The Morgan fingerprint density at radius 3 is 2.90 bits per heavy atom. The maximum absolute atomic E-state index is 12.2. The molecule has 1 saturated heterocycles. The van der Waals surface area contributed by atoms with Crippen LogP contribution in [0.15, 0.2) is 28.6 Å². The second-order valence-corrected chi connectivity index (χ2v) is 5.80. The molecule has 1 fully saturated rings. The van der Waals surface area contributed by atoms with E-state index in [0.29, 0.717) is 12.0 Å². The Balaban J connectivity index is 1.91. The summed E-state index contributed by atoms with van der Waals surface area (Å²) in [4.78, 5) is 25.6. The number of hydrogen-bond acceptors (Lipinski definition) is 4. The molecule has 3 heterocycles. The molecule has 3 rings (SSSR count). The Morgan fingerprint density at radius 1 is 1.60 bits per heavy atom. The molecule has 6 nitrogen and oxygen atoms in total. The first kappa shape index (κ1) is 13.0. The molecule has 1 aromatic heterocycles. The number of carboxylic acid groups (broad SMARTS) is 1. The number of carboxylic acids is 1. The van der Waals surface area contributed by atoms with Crippen molar-refractivity contribution in [2.24, 2.45) is 7.05 Å². The van der Waals surface area contributed by atoms with Crippen LogP contribution in [0.3, 0.4) is 0 Å². The van der Waals surface area contributed by atoms with Crippen LogP contribution >= 0.6 is 11.8 Å². The van der Waals surface area contributed by atoms with Crippen LogP contribution in [0.2, 0.25) is 0 Å². The summed E-state index contributed by atoms with van der Waals surface area (Å²) in [5.41, 5.74) is 1.61. The summed E-state index contributed by atoms with van der Waals surface area (Å²) in [6, 6.07) is 0. The van der Waals surface area contributed by atoms with Crippen molar-refractivity contribution >= 4 is 29.7 Å². The maximum Gasteiger partial charge on any atom is 0.353 e. The monoisotopic (exact) mass is 291 g/mol. The number of amides is 1. The molecule has 1 N–H and O–H groups in total. The number of fused-ring (bicyclic) bond motifs is 1. The Hall–Kier alpha value is -2.02. The smallest absolute Gasteiger partial charge is 0.353 e. The SMILES string of the molecule is CCC1=C(C(=O)O)N2C(=O)C(=Cc3cnn(C)c3)[C@@H]2S1. The number of aliphatic carboxylic acids is 1. The summed E-state index contributed by atoms with van der Waals surface area (Å²) in [6.45, 7) is 1.89. The van der Waals surface area contributed by atoms with Crippen LogP contribution in [0.5, 0.6) is 0 Å². The van der Waals surface area contributed by atoms with Crippen LogP contribution in [-0.4, -0.2) is 37.0 Å². The van der Waals surface area contributed by atoms with Crippen molar-refractivity contribution < 1.29 is 14.7 Å².